The van der Waals surface area contributed by atoms with Gasteiger partial charge in [0.2, 0.25) is 0 Å². The van der Waals surface area contributed by atoms with E-state index in [0.717, 1.165) is 0 Å². The van der Waals surface area contributed by atoms with E-state index in [0.29, 0.717) is 5.56 Å². The van der Waals surface area contributed by atoms with Gasteiger partial charge >= 0.3 is 12.1 Å². The van der Waals surface area contributed by atoms with Gasteiger partial charge in [-0.2, -0.15) is 13.2 Å². The third-order valence-electron chi connectivity index (χ3n) is 2.89. The smallest absolute Gasteiger partial charge is 0.419 e. The highest BCUT2D eigenvalue weighted by atomic mass is 19.4. The van der Waals surface area contributed by atoms with Gasteiger partial charge in [0.05, 0.1) is 11.1 Å². The zero-order valence-electron chi connectivity index (χ0n) is 11.3. The number of halogens is 6. The second kappa shape index (κ2) is 6.31. The van der Waals surface area contributed by atoms with E-state index in [1.54, 1.807) is 30.3 Å². The number of hydrogen-bond donors (Lipinski definition) is 0. The highest BCUT2D eigenvalue weighted by Gasteiger charge is 2.38. The molecule has 0 heterocycles. The van der Waals surface area contributed by atoms with Crippen molar-refractivity contribution < 1.29 is 35.9 Å². The van der Waals surface area contributed by atoms with Crippen molar-refractivity contribution in [3.63, 3.8) is 0 Å². The van der Waals surface area contributed by atoms with Crippen LogP contribution in [0.3, 0.4) is 0 Å². The monoisotopic (exact) mass is 334 g/mol. The first kappa shape index (κ1) is 16.9. The number of alkyl halides is 3. The van der Waals surface area contributed by atoms with Crippen molar-refractivity contribution in [3.05, 3.63) is 70.5 Å². The van der Waals surface area contributed by atoms with E-state index in [9.17, 15) is 31.1 Å². The molecule has 23 heavy (non-hydrogen) atoms. The maximum Gasteiger partial charge on any atom is 0.419 e. The zero-order valence-corrected chi connectivity index (χ0v) is 11.3. The summed E-state index contributed by atoms with van der Waals surface area (Å²) in [5.41, 5.74) is -2.92. The molecule has 0 aliphatic rings. The van der Waals surface area contributed by atoms with Gasteiger partial charge in [0.1, 0.15) is 6.61 Å². The normalized spacial score (nSPS) is 11.4. The molecule has 0 saturated carbocycles. The molecular weight excluding hydrogens is 326 g/mol. The Morgan fingerprint density at radius 3 is 2.13 bits per heavy atom. The predicted octanol–water partition coefficient (Wildman–Crippen LogP) is 4.48. The first-order chi connectivity index (χ1) is 10.7. The lowest BCUT2D eigenvalue weighted by Crippen LogP contribution is -2.16. The van der Waals surface area contributed by atoms with Crippen LogP contribution in [0.15, 0.2) is 36.4 Å². The lowest BCUT2D eigenvalue weighted by Gasteiger charge is -2.12. The van der Waals surface area contributed by atoms with Crippen LogP contribution in [0, 0.1) is 17.5 Å². The Morgan fingerprint density at radius 1 is 0.957 bits per heavy atom. The molecule has 0 N–H and O–H groups in total. The molecule has 0 spiro atoms. The Hall–Kier alpha value is -2.51. The fourth-order valence-electron chi connectivity index (χ4n) is 1.76. The summed E-state index contributed by atoms with van der Waals surface area (Å²) < 4.78 is 82.3. The molecule has 122 valence electrons. The van der Waals surface area contributed by atoms with Crippen LogP contribution in [-0.4, -0.2) is 5.97 Å². The standard InChI is InChI=1S/C15H8F6O2/c16-11-9(6-10(15(19,20)21)12(17)13(11)18)14(22)23-7-8-4-2-1-3-5-8/h1-6H,7H2. The molecular formula is C15H8F6O2. The van der Waals surface area contributed by atoms with E-state index < -0.39 is 40.7 Å². The molecule has 0 bridgehead atoms. The summed E-state index contributed by atoms with van der Waals surface area (Å²) in [7, 11) is 0. The topological polar surface area (TPSA) is 26.3 Å². The first-order valence-corrected chi connectivity index (χ1v) is 6.17. The van der Waals surface area contributed by atoms with Gasteiger partial charge < -0.3 is 4.74 Å². The Balaban J connectivity index is 2.31. The summed E-state index contributed by atoms with van der Waals surface area (Å²) in [6.07, 6.45) is -5.28. The van der Waals surface area contributed by atoms with Crippen LogP contribution >= 0.6 is 0 Å². The molecule has 2 aromatic rings. The molecule has 2 aromatic carbocycles. The van der Waals surface area contributed by atoms with E-state index in [4.69, 9.17) is 0 Å². The maximum atomic E-state index is 13.5. The summed E-state index contributed by atoms with van der Waals surface area (Å²) in [6, 6.07) is 7.90. The molecule has 0 atom stereocenters. The van der Waals surface area contributed by atoms with Crippen molar-refractivity contribution >= 4 is 5.97 Å². The molecule has 0 aromatic heterocycles. The van der Waals surface area contributed by atoms with Gasteiger partial charge in [-0.3, -0.25) is 0 Å². The van der Waals surface area contributed by atoms with Crippen LogP contribution < -0.4 is 0 Å². The summed E-state index contributed by atoms with van der Waals surface area (Å²) in [4.78, 5) is 11.7. The quantitative estimate of drug-likeness (QED) is 0.470. The fourth-order valence-corrected chi connectivity index (χ4v) is 1.76. The Kier molecular flexibility index (Phi) is 4.63. The SMILES string of the molecule is O=C(OCc1ccccc1)c1cc(C(F)(F)F)c(F)c(F)c1F. The van der Waals surface area contributed by atoms with Gasteiger partial charge in [-0.1, -0.05) is 30.3 Å². The molecule has 8 heteroatoms. The van der Waals surface area contributed by atoms with Crippen LogP contribution in [0.1, 0.15) is 21.5 Å². The van der Waals surface area contributed by atoms with E-state index in [1.165, 1.54) is 0 Å². The Morgan fingerprint density at radius 2 is 1.57 bits per heavy atom. The molecule has 0 radical (unpaired) electrons. The molecule has 0 unspecified atom stereocenters. The molecule has 0 amide bonds. The number of carbonyl (C=O) groups is 1. The number of carbonyl (C=O) groups excluding carboxylic acids is 1. The third-order valence-corrected chi connectivity index (χ3v) is 2.89. The zero-order chi connectivity index (χ0) is 17.2. The van der Waals surface area contributed by atoms with E-state index in [-0.39, 0.29) is 12.7 Å². The van der Waals surface area contributed by atoms with Gasteiger partial charge in [0, 0.05) is 0 Å². The van der Waals surface area contributed by atoms with Crippen molar-refractivity contribution in [2.75, 3.05) is 0 Å². The van der Waals surface area contributed by atoms with Gasteiger partial charge in [-0.15, -0.1) is 0 Å². The number of esters is 1. The maximum absolute atomic E-state index is 13.5. The summed E-state index contributed by atoms with van der Waals surface area (Å²) >= 11 is 0. The van der Waals surface area contributed by atoms with Crippen molar-refractivity contribution in [2.24, 2.45) is 0 Å². The molecule has 2 rings (SSSR count). The lowest BCUT2D eigenvalue weighted by atomic mass is 10.1. The largest absolute Gasteiger partial charge is 0.457 e. The highest BCUT2D eigenvalue weighted by molar-refractivity contribution is 5.90. The van der Waals surface area contributed by atoms with Gasteiger partial charge in [0.25, 0.3) is 0 Å². The van der Waals surface area contributed by atoms with Crippen LogP contribution in [0.2, 0.25) is 0 Å². The second-order valence-corrected chi connectivity index (χ2v) is 4.47. The van der Waals surface area contributed by atoms with Gasteiger partial charge in [0.15, 0.2) is 17.5 Å². The van der Waals surface area contributed by atoms with Crippen LogP contribution in [0.5, 0.6) is 0 Å². The summed E-state index contributed by atoms with van der Waals surface area (Å²) in [5, 5.41) is 0. The minimum atomic E-state index is -5.28. The third kappa shape index (κ3) is 3.64. The predicted molar refractivity (Wildman–Crippen MR) is 66.9 cm³/mol. The second-order valence-electron chi connectivity index (χ2n) is 4.47. The molecule has 0 aliphatic carbocycles. The minimum absolute atomic E-state index is 0.110. The number of benzene rings is 2. The Bertz CT molecular complexity index is 725. The molecule has 0 fully saturated rings. The van der Waals surface area contributed by atoms with E-state index in [2.05, 4.69) is 4.74 Å². The number of rotatable bonds is 3. The first-order valence-electron chi connectivity index (χ1n) is 6.17. The fraction of sp³-hybridized carbons (Fsp3) is 0.133. The molecule has 2 nitrogen and oxygen atoms in total. The van der Waals surface area contributed by atoms with Crippen molar-refractivity contribution in [2.45, 2.75) is 12.8 Å². The van der Waals surface area contributed by atoms with Crippen LogP contribution in [0.25, 0.3) is 0 Å². The van der Waals surface area contributed by atoms with E-state index in [1.807, 2.05) is 0 Å². The number of ether oxygens (including phenoxy) is 1. The van der Waals surface area contributed by atoms with Crippen molar-refractivity contribution in [1.82, 2.24) is 0 Å². The number of hydrogen-bond acceptors (Lipinski definition) is 2. The minimum Gasteiger partial charge on any atom is -0.457 e. The summed E-state index contributed by atoms with van der Waals surface area (Å²) in [6.45, 7) is -0.362. The lowest BCUT2D eigenvalue weighted by molar-refractivity contribution is -0.140. The van der Waals surface area contributed by atoms with Gasteiger partial charge in [-0.25, -0.2) is 18.0 Å². The van der Waals surface area contributed by atoms with Crippen molar-refractivity contribution in [3.8, 4) is 0 Å². The van der Waals surface area contributed by atoms with E-state index >= 15 is 0 Å². The highest BCUT2D eigenvalue weighted by Crippen LogP contribution is 2.34. The summed E-state index contributed by atoms with van der Waals surface area (Å²) in [5.74, 6) is -8.36. The van der Waals surface area contributed by atoms with Crippen LogP contribution in [0.4, 0.5) is 26.3 Å². The molecule has 0 saturated heterocycles. The molecule has 0 aliphatic heterocycles. The van der Waals surface area contributed by atoms with Crippen molar-refractivity contribution in [1.29, 1.82) is 0 Å². The van der Waals surface area contributed by atoms with Crippen LogP contribution in [-0.2, 0) is 17.5 Å². The Labute approximate surface area is 126 Å². The van der Waals surface area contributed by atoms with Gasteiger partial charge in [-0.05, 0) is 11.6 Å². The average molecular weight is 334 g/mol. The average Bonchev–Trinajstić information content (AvgIpc) is 2.50.